The Hall–Kier alpha value is -2.49. The molecule has 0 aliphatic rings. The van der Waals surface area contributed by atoms with E-state index in [-0.39, 0.29) is 12.5 Å². The van der Waals surface area contributed by atoms with Gasteiger partial charge in [-0.25, -0.2) is 0 Å². The Morgan fingerprint density at radius 3 is 2.55 bits per heavy atom. The van der Waals surface area contributed by atoms with Crippen molar-refractivity contribution in [3.8, 4) is 11.5 Å². The molecule has 0 spiro atoms. The molecule has 0 unspecified atom stereocenters. The van der Waals surface area contributed by atoms with Gasteiger partial charge in [-0.2, -0.15) is 0 Å². The molecule has 1 N–H and O–H groups in total. The van der Waals surface area contributed by atoms with E-state index < -0.39 is 0 Å². The standard InChI is InChI=1S/C18H21NO3/c1-15-7-5-10-17(13-15)22-14-18(20)19-11-6-12-21-16-8-3-2-4-9-16/h2-5,7-10,13H,6,11-12,14H2,1H3,(H,19,20). The van der Waals surface area contributed by atoms with E-state index in [1.165, 1.54) is 0 Å². The number of rotatable bonds is 8. The van der Waals surface area contributed by atoms with E-state index in [1.54, 1.807) is 0 Å². The molecule has 0 atom stereocenters. The van der Waals surface area contributed by atoms with Crippen LogP contribution in [0.4, 0.5) is 0 Å². The molecule has 22 heavy (non-hydrogen) atoms. The number of para-hydroxylation sites is 1. The molecule has 116 valence electrons. The van der Waals surface area contributed by atoms with Crippen LogP contribution in [0.1, 0.15) is 12.0 Å². The van der Waals surface area contributed by atoms with Crippen LogP contribution in [0.3, 0.4) is 0 Å². The van der Waals surface area contributed by atoms with Crippen LogP contribution in [0.15, 0.2) is 54.6 Å². The van der Waals surface area contributed by atoms with Gasteiger partial charge < -0.3 is 14.8 Å². The van der Waals surface area contributed by atoms with Gasteiger partial charge in [0.05, 0.1) is 6.61 Å². The van der Waals surface area contributed by atoms with Crippen LogP contribution >= 0.6 is 0 Å². The monoisotopic (exact) mass is 299 g/mol. The van der Waals surface area contributed by atoms with E-state index in [1.807, 2.05) is 61.5 Å². The first kappa shape index (κ1) is 15.9. The van der Waals surface area contributed by atoms with E-state index >= 15 is 0 Å². The molecule has 2 aromatic carbocycles. The molecule has 0 aromatic heterocycles. The average molecular weight is 299 g/mol. The Bertz CT molecular complexity index is 584. The average Bonchev–Trinajstić information content (AvgIpc) is 2.54. The van der Waals surface area contributed by atoms with Crippen LogP contribution in [0.2, 0.25) is 0 Å². The third-order valence-electron chi connectivity index (χ3n) is 3.01. The minimum Gasteiger partial charge on any atom is -0.494 e. The van der Waals surface area contributed by atoms with Crippen LogP contribution < -0.4 is 14.8 Å². The fourth-order valence-corrected chi connectivity index (χ4v) is 1.91. The van der Waals surface area contributed by atoms with Crippen molar-refractivity contribution in [2.45, 2.75) is 13.3 Å². The first-order chi connectivity index (χ1) is 10.7. The van der Waals surface area contributed by atoms with Crippen LogP contribution in [0, 0.1) is 6.92 Å². The van der Waals surface area contributed by atoms with Crippen molar-refractivity contribution in [1.82, 2.24) is 5.32 Å². The Morgan fingerprint density at radius 2 is 1.77 bits per heavy atom. The smallest absolute Gasteiger partial charge is 0.257 e. The van der Waals surface area contributed by atoms with Crippen molar-refractivity contribution in [3.63, 3.8) is 0 Å². The highest BCUT2D eigenvalue weighted by Gasteiger charge is 2.02. The molecule has 4 nitrogen and oxygen atoms in total. The highest BCUT2D eigenvalue weighted by atomic mass is 16.5. The molecule has 0 radical (unpaired) electrons. The maximum Gasteiger partial charge on any atom is 0.257 e. The maximum absolute atomic E-state index is 11.7. The number of benzene rings is 2. The van der Waals surface area contributed by atoms with Gasteiger partial charge >= 0.3 is 0 Å². The summed E-state index contributed by atoms with van der Waals surface area (Å²) in [6, 6.07) is 17.3. The van der Waals surface area contributed by atoms with Crippen LogP contribution in [-0.4, -0.2) is 25.7 Å². The van der Waals surface area contributed by atoms with E-state index in [9.17, 15) is 4.79 Å². The number of hydrogen-bond donors (Lipinski definition) is 1. The predicted molar refractivity (Wildman–Crippen MR) is 86.2 cm³/mol. The molecule has 0 aliphatic heterocycles. The molecule has 0 aliphatic carbocycles. The van der Waals surface area contributed by atoms with Crippen LogP contribution in [0.5, 0.6) is 11.5 Å². The lowest BCUT2D eigenvalue weighted by atomic mass is 10.2. The first-order valence-corrected chi connectivity index (χ1v) is 7.38. The molecule has 4 heteroatoms. The van der Waals surface area contributed by atoms with Gasteiger partial charge in [0.25, 0.3) is 5.91 Å². The molecule has 0 fully saturated rings. The van der Waals surface area contributed by atoms with Crippen molar-refractivity contribution in [1.29, 1.82) is 0 Å². The fraction of sp³-hybridized carbons (Fsp3) is 0.278. The molecule has 0 saturated heterocycles. The highest BCUT2D eigenvalue weighted by molar-refractivity contribution is 5.77. The molecule has 0 bridgehead atoms. The van der Waals surface area contributed by atoms with Gasteiger partial charge in [0.2, 0.25) is 0 Å². The number of hydrogen-bond acceptors (Lipinski definition) is 3. The van der Waals surface area contributed by atoms with Gasteiger partial charge in [0, 0.05) is 6.54 Å². The summed E-state index contributed by atoms with van der Waals surface area (Å²) in [6.07, 6.45) is 0.755. The Kier molecular flexibility index (Phi) is 6.30. The maximum atomic E-state index is 11.7. The molecule has 1 amide bonds. The summed E-state index contributed by atoms with van der Waals surface area (Å²) in [5.41, 5.74) is 1.11. The summed E-state index contributed by atoms with van der Waals surface area (Å²) in [6.45, 7) is 3.16. The van der Waals surface area contributed by atoms with Gasteiger partial charge in [0.1, 0.15) is 11.5 Å². The Labute approximate surface area is 131 Å². The Morgan fingerprint density at radius 1 is 1.00 bits per heavy atom. The lowest BCUT2D eigenvalue weighted by Crippen LogP contribution is -2.30. The number of aryl methyl sites for hydroxylation is 1. The molecule has 0 heterocycles. The van der Waals surface area contributed by atoms with Crippen molar-refractivity contribution in [3.05, 3.63) is 60.2 Å². The minimum atomic E-state index is -0.124. The van der Waals surface area contributed by atoms with Crippen molar-refractivity contribution < 1.29 is 14.3 Å². The third kappa shape index (κ3) is 5.87. The molecule has 0 saturated carbocycles. The zero-order chi connectivity index (χ0) is 15.6. The van der Waals surface area contributed by atoms with Gasteiger partial charge in [-0.05, 0) is 43.2 Å². The number of nitrogens with one attached hydrogen (secondary N) is 1. The predicted octanol–water partition coefficient (Wildman–Crippen LogP) is 2.96. The summed E-state index contributed by atoms with van der Waals surface area (Å²) in [4.78, 5) is 11.7. The summed E-state index contributed by atoms with van der Waals surface area (Å²) >= 11 is 0. The Balaban J connectivity index is 1.56. The minimum absolute atomic E-state index is 0.0307. The molecule has 2 aromatic rings. The first-order valence-electron chi connectivity index (χ1n) is 7.38. The van der Waals surface area contributed by atoms with Crippen molar-refractivity contribution in [2.24, 2.45) is 0 Å². The molecular formula is C18H21NO3. The number of carbonyl (C=O) groups excluding carboxylic acids is 1. The summed E-state index contributed by atoms with van der Waals surface area (Å²) in [5.74, 6) is 1.43. The second-order valence-corrected chi connectivity index (χ2v) is 4.97. The topological polar surface area (TPSA) is 47.6 Å². The second-order valence-electron chi connectivity index (χ2n) is 4.97. The summed E-state index contributed by atoms with van der Waals surface area (Å²) in [5, 5.41) is 2.81. The second kappa shape index (κ2) is 8.72. The fourth-order valence-electron chi connectivity index (χ4n) is 1.91. The zero-order valence-corrected chi connectivity index (χ0v) is 12.7. The summed E-state index contributed by atoms with van der Waals surface area (Å²) < 4.78 is 11.0. The SMILES string of the molecule is Cc1cccc(OCC(=O)NCCCOc2ccccc2)c1. The van der Waals surface area contributed by atoms with Gasteiger partial charge in [-0.15, -0.1) is 0 Å². The normalized spacial score (nSPS) is 10.0. The zero-order valence-electron chi connectivity index (χ0n) is 12.7. The summed E-state index contributed by atoms with van der Waals surface area (Å²) in [7, 11) is 0. The van der Waals surface area contributed by atoms with Crippen LogP contribution in [-0.2, 0) is 4.79 Å². The molecule has 2 rings (SSSR count). The van der Waals surface area contributed by atoms with Crippen LogP contribution in [0.25, 0.3) is 0 Å². The number of ether oxygens (including phenoxy) is 2. The largest absolute Gasteiger partial charge is 0.494 e. The van der Waals surface area contributed by atoms with Gasteiger partial charge in [-0.1, -0.05) is 30.3 Å². The number of carbonyl (C=O) groups is 1. The van der Waals surface area contributed by atoms with Gasteiger partial charge in [-0.3, -0.25) is 4.79 Å². The quantitative estimate of drug-likeness (QED) is 0.762. The molecular weight excluding hydrogens is 278 g/mol. The highest BCUT2D eigenvalue weighted by Crippen LogP contribution is 2.12. The number of amides is 1. The van der Waals surface area contributed by atoms with E-state index in [0.29, 0.717) is 18.9 Å². The van der Waals surface area contributed by atoms with Gasteiger partial charge in [0.15, 0.2) is 6.61 Å². The van der Waals surface area contributed by atoms with E-state index in [2.05, 4.69) is 5.32 Å². The van der Waals surface area contributed by atoms with E-state index in [4.69, 9.17) is 9.47 Å². The third-order valence-corrected chi connectivity index (χ3v) is 3.01. The van der Waals surface area contributed by atoms with Crippen molar-refractivity contribution in [2.75, 3.05) is 19.8 Å². The lowest BCUT2D eigenvalue weighted by Gasteiger charge is -2.09. The van der Waals surface area contributed by atoms with Crippen molar-refractivity contribution >= 4 is 5.91 Å². The lowest BCUT2D eigenvalue weighted by molar-refractivity contribution is -0.123. The van der Waals surface area contributed by atoms with E-state index in [0.717, 1.165) is 17.7 Å².